The van der Waals surface area contributed by atoms with Gasteiger partial charge in [0.05, 0.1) is 10.5 Å². The van der Waals surface area contributed by atoms with Crippen LogP contribution >= 0.6 is 0 Å². The third kappa shape index (κ3) is 3.90. The van der Waals surface area contributed by atoms with Gasteiger partial charge in [0.2, 0.25) is 0 Å². The summed E-state index contributed by atoms with van der Waals surface area (Å²) >= 11 is 0. The number of carbonyl (C=O) groups excluding carboxylic acids is 2. The number of amides is 1. The summed E-state index contributed by atoms with van der Waals surface area (Å²) in [6, 6.07) is 7.65. The fourth-order valence-electron chi connectivity index (χ4n) is 3.31. The van der Waals surface area contributed by atoms with E-state index in [1.807, 2.05) is 0 Å². The summed E-state index contributed by atoms with van der Waals surface area (Å²) in [4.78, 5) is 37.2. The molecule has 29 heavy (non-hydrogen) atoms. The van der Waals surface area contributed by atoms with E-state index in [4.69, 9.17) is 9.15 Å². The third-order valence-corrected chi connectivity index (χ3v) is 4.65. The Balaban J connectivity index is 2.12. The molecule has 2 aromatic rings. The van der Waals surface area contributed by atoms with Gasteiger partial charge in [-0.1, -0.05) is 12.1 Å². The Morgan fingerprint density at radius 1 is 1.31 bits per heavy atom. The van der Waals surface area contributed by atoms with Crippen molar-refractivity contribution in [2.75, 3.05) is 20.3 Å². The number of nitrogens with zero attached hydrogens (tertiary/aromatic N) is 2. The van der Waals surface area contributed by atoms with Crippen molar-refractivity contribution in [1.82, 2.24) is 4.90 Å². The van der Waals surface area contributed by atoms with E-state index in [2.05, 4.69) is 0 Å². The lowest BCUT2D eigenvalue weighted by molar-refractivity contribution is -0.384. The Labute approximate surface area is 166 Å². The SMILES string of the molecule is COCCCN1C(=O)C(=O)/C(=C(\O)c2cccc([N+](=O)[O-])c2)C1c1ccc(C)o1. The topological polar surface area (TPSA) is 123 Å². The minimum Gasteiger partial charge on any atom is -0.507 e. The van der Waals surface area contributed by atoms with Gasteiger partial charge in [0.1, 0.15) is 23.3 Å². The quantitative estimate of drug-likeness (QED) is 0.189. The molecule has 152 valence electrons. The number of benzene rings is 1. The van der Waals surface area contributed by atoms with Crippen LogP contribution in [0.15, 0.2) is 46.4 Å². The van der Waals surface area contributed by atoms with Crippen LogP contribution in [0.25, 0.3) is 5.76 Å². The molecule has 2 heterocycles. The maximum absolute atomic E-state index is 12.8. The second-order valence-electron chi connectivity index (χ2n) is 6.59. The molecule has 1 saturated heterocycles. The molecule has 0 saturated carbocycles. The Morgan fingerprint density at radius 2 is 2.07 bits per heavy atom. The summed E-state index contributed by atoms with van der Waals surface area (Å²) in [6.45, 7) is 2.33. The van der Waals surface area contributed by atoms with Crippen LogP contribution in [0.3, 0.4) is 0 Å². The number of furan rings is 1. The summed E-state index contributed by atoms with van der Waals surface area (Å²) in [5.41, 5.74) is -0.335. The number of hydrogen-bond acceptors (Lipinski definition) is 7. The highest BCUT2D eigenvalue weighted by Gasteiger charge is 2.47. The summed E-state index contributed by atoms with van der Waals surface area (Å²) < 4.78 is 10.7. The van der Waals surface area contributed by atoms with Gasteiger partial charge < -0.3 is 19.2 Å². The zero-order chi connectivity index (χ0) is 21.1. The molecule has 0 radical (unpaired) electrons. The lowest BCUT2D eigenvalue weighted by Gasteiger charge is -2.23. The normalized spacial score (nSPS) is 18.4. The zero-order valence-corrected chi connectivity index (χ0v) is 16.0. The Bertz CT molecular complexity index is 992. The Kier molecular flexibility index (Phi) is 5.79. The molecule has 3 rings (SSSR count). The van der Waals surface area contributed by atoms with Gasteiger partial charge in [-0.25, -0.2) is 0 Å². The van der Waals surface area contributed by atoms with Gasteiger partial charge >= 0.3 is 0 Å². The number of aliphatic hydroxyl groups excluding tert-OH is 1. The van der Waals surface area contributed by atoms with Crippen LogP contribution in [-0.2, 0) is 14.3 Å². The molecule has 1 unspecified atom stereocenters. The molecular formula is C20H20N2O7. The molecule has 1 amide bonds. The molecule has 9 nitrogen and oxygen atoms in total. The largest absolute Gasteiger partial charge is 0.507 e. The highest BCUT2D eigenvalue weighted by molar-refractivity contribution is 6.46. The first kappa shape index (κ1) is 20.3. The maximum Gasteiger partial charge on any atom is 0.295 e. The first-order chi connectivity index (χ1) is 13.8. The van der Waals surface area contributed by atoms with Crippen LogP contribution in [0.4, 0.5) is 5.69 Å². The standard InChI is InChI=1S/C20H20N2O7/c1-12-7-8-15(29-12)17-16(19(24)20(25)21(17)9-4-10-28-2)18(23)13-5-3-6-14(11-13)22(26)27/h3,5-8,11,17,23H,4,9-10H2,1-2H3/b18-16-. The smallest absolute Gasteiger partial charge is 0.295 e. The number of non-ortho nitro benzene ring substituents is 1. The lowest BCUT2D eigenvalue weighted by atomic mass is 9.99. The van der Waals surface area contributed by atoms with E-state index in [1.165, 1.54) is 30.2 Å². The molecule has 1 aliphatic rings. The van der Waals surface area contributed by atoms with Crippen LogP contribution in [0.2, 0.25) is 0 Å². The monoisotopic (exact) mass is 400 g/mol. The van der Waals surface area contributed by atoms with Crippen molar-refractivity contribution in [3.63, 3.8) is 0 Å². The van der Waals surface area contributed by atoms with Crippen LogP contribution in [0.1, 0.15) is 29.5 Å². The lowest BCUT2D eigenvalue weighted by Crippen LogP contribution is -2.31. The van der Waals surface area contributed by atoms with Gasteiger partial charge in [-0.05, 0) is 25.5 Å². The summed E-state index contributed by atoms with van der Waals surface area (Å²) in [6.07, 6.45) is 0.483. The fraction of sp³-hybridized carbons (Fsp3) is 0.300. The van der Waals surface area contributed by atoms with Crippen molar-refractivity contribution in [1.29, 1.82) is 0 Å². The van der Waals surface area contributed by atoms with Crippen LogP contribution in [0.5, 0.6) is 0 Å². The first-order valence-electron chi connectivity index (χ1n) is 8.93. The highest BCUT2D eigenvalue weighted by Crippen LogP contribution is 2.40. The Hall–Kier alpha value is -3.46. The highest BCUT2D eigenvalue weighted by atomic mass is 16.6. The van der Waals surface area contributed by atoms with Crippen LogP contribution in [-0.4, -0.2) is 46.9 Å². The average Bonchev–Trinajstić information content (AvgIpc) is 3.24. The van der Waals surface area contributed by atoms with Crippen molar-refractivity contribution in [2.45, 2.75) is 19.4 Å². The van der Waals surface area contributed by atoms with Gasteiger partial charge in [-0.3, -0.25) is 19.7 Å². The molecule has 1 atom stereocenters. The van der Waals surface area contributed by atoms with Crippen molar-refractivity contribution >= 4 is 23.1 Å². The van der Waals surface area contributed by atoms with Crippen molar-refractivity contribution in [2.24, 2.45) is 0 Å². The number of nitro groups is 1. The van der Waals surface area contributed by atoms with Crippen molar-refractivity contribution < 1.29 is 28.8 Å². The molecule has 0 bridgehead atoms. The number of methoxy groups -OCH3 is 1. The van der Waals surface area contributed by atoms with E-state index in [1.54, 1.807) is 19.1 Å². The number of nitro benzene ring substituents is 1. The van der Waals surface area contributed by atoms with E-state index in [9.17, 15) is 24.8 Å². The number of Topliss-reactive ketones (excluding diaryl/α,β-unsaturated/α-hetero) is 1. The molecule has 0 aliphatic carbocycles. The van der Waals surface area contributed by atoms with Gasteiger partial charge in [-0.2, -0.15) is 0 Å². The van der Waals surface area contributed by atoms with Crippen LogP contribution in [0, 0.1) is 17.0 Å². The number of hydrogen-bond donors (Lipinski definition) is 1. The number of carbonyl (C=O) groups is 2. The summed E-state index contributed by atoms with van der Waals surface area (Å²) in [5, 5.41) is 21.9. The zero-order valence-electron chi connectivity index (χ0n) is 16.0. The van der Waals surface area contributed by atoms with Gasteiger partial charge in [0.15, 0.2) is 0 Å². The van der Waals surface area contributed by atoms with E-state index in [-0.39, 0.29) is 23.4 Å². The van der Waals surface area contributed by atoms with Gasteiger partial charge in [0.25, 0.3) is 17.4 Å². The Morgan fingerprint density at radius 3 is 2.69 bits per heavy atom. The second-order valence-corrected chi connectivity index (χ2v) is 6.59. The molecule has 1 N–H and O–H groups in total. The van der Waals surface area contributed by atoms with E-state index in [0.717, 1.165) is 6.07 Å². The van der Waals surface area contributed by atoms with Crippen LogP contribution < -0.4 is 0 Å². The summed E-state index contributed by atoms with van der Waals surface area (Å²) in [5.74, 6) is -1.22. The molecule has 0 spiro atoms. The number of rotatable bonds is 7. The fourth-order valence-corrected chi connectivity index (χ4v) is 3.31. The predicted octanol–water partition coefficient (Wildman–Crippen LogP) is 2.95. The van der Waals surface area contributed by atoms with E-state index >= 15 is 0 Å². The minimum absolute atomic E-state index is 0.0716. The molecule has 9 heteroatoms. The number of aliphatic hydroxyl groups is 1. The van der Waals surface area contributed by atoms with E-state index < -0.39 is 28.4 Å². The van der Waals surface area contributed by atoms with Gasteiger partial charge in [-0.15, -0.1) is 0 Å². The van der Waals surface area contributed by atoms with Crippen molar-refractivity contribution in [3.8, 4) is 0 Å². The number of ether oxygens (including phenoxy) is 1. The third-order valence-electron chi connectivity index (χ3n) is 4.65. The minimum atomic E-state index is -0.931. The van der Waals surface area contributed by atoms with Crippen molar-refractivity contribution in [3.05, 3.63) is 69.2 Å². The molecule has 1 aliphatic heterocycles. The average molecular weight is 400 g/mol. The molecule has 1 fully saturated rings. The second kappa shape index (κ2) is 8.27. The molecule has 1 aromatic carbocycles. The predicted molar refractivity (Wildman–Crippen MR) is 102 cm³/mol. The first-order valence-corrected chi connectivity index (χ1v) is 8.93. The molecule has 1 aromatic heterocycles. The van der Waals surface area contributed by atoms with E-state index in [0.29, 0.717) is 24.5 Å². The van der Waals surface area contributed by atoms with Gasteiger partial charge in [0, 0.05) is 38.0 Å². The maximum atomic E-state index is 12.8. The molecular weight excluding hydrogens is 380 g/mol. The summed E-state index contributed by atoms with van der Waals surface area (Å²) in [7, 11) is 1.53. The number of aryl methyl sites for hydroxylation is 1. The number of ketones is 1. The number of likely N-dealkylation sites (tertiary alicyclic amines) is 1.